The van der Waals surface area contributed by atoms with Crippen LogP contribution in [0.15, 0.2) is 18.2 Å². The van der Waals surface area contributed by atoms with Gasteiger partial charge in [-0.25, -0.2) is 4.39 Å². The van der Waals surface area contributed by atoms with E-state index in [0.717, 1.165) is 0 Å². The third-order valence-corrected chi connectivity index (χ3v) is 5.41. The first-order valence-electron chi connectivity index (χ1n) is 7.85. The average Bonchev–Trinajstić information content (AvgIpc) is 2.58. The van der Waals surface area contributed by atoms with Crippen molar-refractivity contribution < 1.29 is 23.8 Å². The molecule has 1 aliphatic carbocycles. The van der Waals surface area contributed by atoms with Gasteiger partial charge >= 0.3 is 0 Å². The highest BCUT2D eigenvalue weighted by molar-refractivity contribution is 5.94. The van der Waals surface area contributed by atoms with Crippen molar-refractivity contribution >= 4 is 5.91 Å². The fourth-order valence-corrected chi connectivity index (χ4v) is 3.82. The molecule has 2 aliphatic rings. The lowest BCUT2D eigenvalue weighted by Crippen LogP contribution is -2.62. The number of methoxy groups -OCH3 is 2. The van der Waals surface area contributed by atoms with E-state index in [2.05, 4.69) is 0 Å². The van der Waals surface area contributed by atoms with Gasteiger partial charge in [-0.1, -0.05) is 0 Å². The molecule has 1 saturated heterocycles. The molecular formula is C17H22FNO4. The first-order chi connectivity index (χ1) is 11.0. The fourth-order valence-electron chi connectivity index (χ4n) is 3.82. The number of aliphatic hydroxyl groups excluding tert-OH is 1. The molecule has 5 nitrogen and oxygen atoms in total. The number of amides is 1. The number of aliphatic hydroxyl groups is 1. The Morgan fingerprint density at radius 3 is 2.57 bits per heavy atom. The minimum Gasteiger partial charge on any atom is -0.494 e. The van der Waals surface area contributed by atoms with Gasteiger partial charge in [0.2, 0.25) is 0 Å². The number of hydrogen-bond donors (Lipinski definition) is 1. The molecule has 2 atom stereocenters. The van der Waals surface area contributed by atoms with E-state index in [1.165, 1.54) is 19.2 Å². The van der Waals surface area contributed by atoms with E-state index in [0.29, 0.717) is 37.9 Å². The molecule has 1 spiro atoms. The second kappa shape index (κ2) is 6.09. The van der Waals surface area contributed by atoms with E-state index < -0.39 is 5.82 Å². The van der Waals surface area contributed by atoms with Crippen LogP contribution in [0.2, 0.25) is 0 Å². The summed E-state index contributed by atoms with van der Waals surface area (Å²) >= 11 is 0. The molecule has 1 aromatic carbocycles. The molecule has 1 N–H and O–H groups in total. The van der Waals surface area contributed by atoms with Gasteiger partial charge in [-0.15, -0.1) is 0 Å². The maximum absolute atomic E-state index is 13.8. The van der Waals surface area contributed by atoms with Crippen molar-refractivity contribution in [2.24, 2.45) is 5.41 Å². The number of rotatable bonds is 3. The molecule has 1 heterocycles. The number of likely N-dealkylation sites (tertiary alicyclic amines) is 1. The summed E-state index contributed by atoms with van der Waals surface area (Å²) in [4.78, 5) is 14.2. The van der Waals surface area contributed by atoms with Crippen molar-refractivity contribution in [2.45, 2.75) is 31.5 Å². The maximum Gasteiger partial charge on any atom is 0.253 e. The summed E-state index contributed by atoms with van der Waals surface area (Å²) < 4.78 is 24.1. The first-order valence-corrected chi connectivity index (χ1v) is 7.85. The molecule has 0 radical (unpaired) electrons. The molecule has 1 amide bonds. The third kappa shape index (κ3) is 2.60. The first kappa shape index (κ1) is 16.2. The van der Waals surface area contributed by atoms with Crippen molar-refractivity contribution in [1.82, 2.24) is 4.90 Å². The highest BCUT2D eigenvalue weighted by atomic mass is 19.1. The second-order valence-electron chi connectivity index (χ2n) is 6.35. The predicted octanol–water partition coefficient (Wildman–Crippen LogP) is 1.84. The molecular weight excluding hydrogens is 301 g/mol. The number of halogens is 1. The minimum atomic E-state index is -0.541. The Kier molecular flexibility index (Phi) is 4.29. The summed E-state index contributed by atoms with van der Waals surface area (Å²) in [6, 6.07) is 4.25. The fraction of sp³-hybridized carbons (Fsp3) is 0.588. The van der Waals surface area contributed by atoms with Crippen LogP contribution in [-0.2, 0) is 4.74 Å². The smallest absolute Gasteiger partial charge is 0.253 e. The molecule has 0 unspecified atom stereocenters. The molecule has 0 aromatic heterocycles. The molecule has 3 rings (SSSR count). The second-order valence-corrected chi connectivity index (χ2v) is 6.35. The summed E-state index contributed by atoms with van der Waals surface area (Å²) in [5.41, 5.74) is 0.0909. The van der Waals surface area contributed by atoms with Crippen molar-refractivity contribution in [3.05, 3.63) is 29.6 Å². The van der Waals surface area contributed by atoms with Gasteiger partial charge in [-0.2, -0.15) is 0 Å². The zero-order chi connectivity index (χ0) is 16.6. The summed E-state index contributed by atoms with van der Waals surface area (Å²) in [6.07, 6.45) is 1.78. The van der Waals surface area contributed by atoms with Crippen LogP contribution in [0.1, 0.15) is 29.6 Å². The molecule has 1 aromatic rings. The highest BCUT2D eigenvalue weighted by Gasteiger charge is 2.56. The number of piperidine rings is 1. The third-order valence-electron chi connectivity index (χ3n) is 5.41. The Balaban J connectivity index is 1.68. The van der Waals surface area contributed by atoms with Crippen LogP contribution < -0.4 is 4.74 Å². The Labute approximate surface area is 135 Å². The van der Waals surface area contributed by atoms with E-state index in [1.807, 2.05) is 0 Å². The van der Waals surface area contributed by atoms with Crippen LogP contribution >= 0.6 is 0 Å². The number of ether oxygens (including phenoxy) is 2. The van der Waals surface area contributed by atoms with Crippen LogP contribution in [0.25, 0.3) is 0 Å². The highest BCUT2D eigenvalue weighted by Crippen LogP contribution is 2.50. The number of carbonyl (C=O) groups is 1. The van der Waals surface area contributed by atoms with Gasteiger partial charge in [-0.3, -0.25) is 4.79 Å². The molecule has 0 bridgehead atoms. The van der Waals surface area contributed by atoms with Crippen LogP contribution in [0.3, 0.4) is 0 Å². The molecule has 23 heavy (non-hydrogen) atoms. The monoisotopic (exact) mass is 323 g/mol. The topological polar surface area (TPSA) is 59.0 Å². The zero-order valence-corrected chi connectivity index (χ0v) is 13.4. The quantitative estimate of drug-likeness (QED) is 0.922. The standard InChI is InChI=1S/C17H22FNO4/c1-22-13-4-3-11(9-12(13)18)16(21)19-7-5-17(6-8-19)14(20)10-15(17)23-2/h3-4,9,14-15,20H,5-8,10H2,1-2H3/t14-,15+/m0/s1. The summed E-state index contributed by atoms with van der Waals surface area (Å²) in [5.74, 6) is -0.607. The predicted molar refractivity (Wildman–Crippen MR) is 81.9 cm³/mol. The van der Waals surface area contributed by atoms with E-state index in [-0.39, 0.29) is 29.3 Å². The van der Waals surface area contributed by atoms with Crippen LogP contribution in [-0.4, -0.2) is 55.4 Å². The van der Waals surface area contributed by atoms with Gasteiger partial charge in [0, 0.05) is 37.6 Å². The van der Waals surface area contributed by atoms with Crippen molar-refractivity contribution in [3.63, 3.8) is 0 Å². The van der Waals surface area contributed by atoms with Gasteiger partial charge in [0.15, 0.2) is 11.6 Å². The normalized spacial score (nSPS) is 26.0. The lowest BCUT2D eigenvalue weighted by Gasteiger charge is -2.56. The zero-order valence-electron chi connectivity index (χ0n) is 13.4. The van der Waals surface area contributed by atoms with E-state index in [1.54, 1.807) is 18.1 Å². The van der Waals surface area contributed by atoms with Crippen molar-refractivity contribution in [3.8, 4) is 5.75 Å². The van der Waals surface area contributed by atoms with Gasteiger partial charge < -0.3 is 19.5 Å². The van der Waals surface area contributed by atoms with Crippen LogP contribution in [0.4, 0.5) is 4.39 Å². The van der Waals surface area contributed by atoms with Gasteiger partial charge in [0.25, 0.3) is 5.91 Å². The largest absolute Gasteiger partial charge is 0.494 e. The SMILES string of the molecule is COc1ccc(C(=O)N2CCC3(CC2)[C@@H](O)C[C@H]3OC)cc1F. The Bertz CT molecular complexity index is 598. The Hall–Kier alpha value is -1.66. The van der Waals surface area contributed by atoms with Gasteiger partial charge in [0.1, 0.15) is 0 Å². The Morgan fingerprint density at radius 1 is 1.35 bits per heavy atom. The average molecular weight is 323 g/mol. The molecule has 1 saturated carbocycles. The number of carbonyl (C=O) groups excluding carboxylic acids is 1. The summed E-state index contributed by atoms with van der Waals surface area (Å²) in [7, 11) is 3.05. The van der Waals surface area contributed by atoms with Crippen LogP contribution in [0, 0.1) is 11.2 Å². The Morgan fingerprint density at radius 2 is 2.04 bits per heavy atom. The summed E-state index contributed by atoms with van der Waals surface area (Å²) in [5, 5.41) is 10.1. The van der Waals surface area contributed by atoms with E-state index in [4.69, 9.17) is 9.47 Å². The maximum atomic E-state index is 13.8. The number of hydrogen-bond acceptors (Lipinski definition) is 4. The van der Waals surface area contributed by atoms with Crippen molar-refractivity contribution in [1.29, 1.82) is 0 Å². The van der Waals surface area contributed by atoms with Crippen molar-refractivity contribution in [2.75, 3.05) is 27.3 Å². The molecule has 126 valence electrons. The lowest BCUT2D eigenvalue weighted by atomic mass is 9.58. The van der Waals surface area contributed by atoms with Gasteiger partial charge in [-0.05, 0) is 31.0 Å². The number of benzene rings is 1. The molecule has 6 heteroatoms. The molecule has 2 fully saturated rings. The van der Waals surface area contributed by atoms with Gasteiger partial charge in [0.05, 0.1) is 19.3 Å². The minimum absolute atomic E-state index is 0.0631. The lowest BCUT2D eigenvalue weighted by molar-refractivity contribution is -0.199. The van der Waals surface area contributed by atoms with Crippen LogP contribution in [0.5, 0.6) is 5.75 Å². The van der Waals surface area contributed by atoms with E-state index >= 15 is 0 Å². The number of nitrogens with zero attached hydrogens (tertiary/aromatic N) is 1. The molecule has 1 aliphatic heterocycles. The summed E-state index contributed by atoms with van der Waals surface area (Å²) in [6.45, 7) is 1.09. The van der Waals surface area contributed by atoms with E-state index in [9.17, 15) is 14.3 Å².